The minimum absolute atomic E-state index is 1.12. The van der Waals surface area contributed by atoms with Gasteiger partial charge in [0.25, 0.3) is 0 Å². The molecule has 2 aliphatic carbocycles. The van der Waals surface area contributed by atoms with Gasteiger partial charge in [0.15, 0.2) is 0 Å². The first-order chi connectivity index (χ1) is 6.45. The summed E-state index contributed by atoms with van der Waals surface area (Å²) in [4.78, 5) is 3.49. The molecular formula is C12H13N. The Morgan fingerprint density at radius 3 is 3.15 bits per heavy atom. The Morgan fingerprint density at radius 1 is 1.15 bits per heavy atom. The van der Waals surface area contributed by atoms with Crippen molar-refractivity contribution in [2.75, 3.05) is 0 Å². The van der Waals surface area contributed by atoms with Crippen molar-refractivity contribution in [1.82, 2.24) is 4.98 Å². The summed E-state index contributed by atoms with van der Waals surface area (Å²) in [5.74, 6) is 0. The van der Waals surface area contributed by atoms with Gasteiger partial charge in [0, 0.05) is 10.7 Å². The summed E-state index contributed by atoms with van der Waals surface area (Å²) in [6.07, 6.45) is 13.8. The molecule has 0 spiro atoms. The van der Waals surface area contributed by atoms with Gasteiger partial charge in [0.1, 0.15) is 0 Å². The van der Waals surface area contributed by atoms with Gasteiger partial charge in [-0.1, -0.05) is 18.2 Å². The highest BCUT2D eigenvalue weighted by Gasteiger charge is 2.11. The van der Waals surface area contributed by atoms with Gasteiger partial charge >= 0.3 is 0 Å². The zero-order valence-corrected chi connectivity index (χ0v) is 7.64. The van der Waals surface area contributed by atoms with Crippen molar-refractivity contribution >= 4 is 12.2 Å². The fourth-order valence-electron chi connectivity index (χ4n) is 2.33. The van der Waals surface area contributed by atoms with Gasteiger partial charge in [-0.05, 0) is 42.9 Å². The van der Waals surface area contributed by atoms with E-state index in [1.54, 1.807) is 5.56 Å². The second kappa shape index (κ2) is 2.63. The van der Waals surface area contributed by atoms with Crippen molar-refractivity contribution in [2.45, 2.75) is 25.7 Å². The van der Waals surface area contributed by atoms with Crippen molar-refractivity contribution in [3.63, 3.8) is 0 Å². The van der Waals surface area contributed by atoms with Gasteiger partial charge in [-0.15, -0.1) is 0 Å². The van der Waals surface area contributed by atoms with Crippen LogP contribution in [0.5, 0.6) is 0 Å². The SMILES string of the molecule is C1=CCc2c3c([nH]c2=C1)=CCCC3. The molecule has 0 amide bonds. The van der Waals surface area contributed by atoms with E-state index in [1.165, 1.54) is 35.5 Å². The third-order valence-electron chi connectivity index (χ3n) is 2.98. The monoisotopic (exact) mass is 171 g/mol. The second-order valence-corrected chi connectivity index (χ2v) is 3.80. The number of hydrogen-bond acceptors (Lipinski definition) is 0. The van der Waals surface area contributed by atoms with Gasteiger partial charge in [-0.3, -0.25) is 0 Å². The van der Waals surface area contributed by atoms with Gasteiger partial charge in [-0.25, -0.2) is 0 Å². The van der Waals surface area contributed by atoms with Crippen molar-refractivity contribution in [3.8, 4) is 0 Å². The molecule has 2 aliphatic rings. The Labute approximate surface area is 77.5 Å². The number of fused-ring (bicyclic) bond motifs is 3. The highest BCUT2D eigenvalue weighted by Crippen LogP contribution is 2.11. The minimum Gasteiger partial charge on any atom is -0.355 e. The molecule has 0 aromatic carbocycles. The van der Waals surface area contributed by atoms with Crippen LogP contribution in [0.3, 0.4) is 0 Å². The first-order valence-electron chi connectivity index (χ1n) is 5.02. The van der Waals surface area contributed by atoms with Crippen LogP contribution in [0.4, 0.5) is 0 Å². The van der Waals surface area contributed by atoms with Crippen molar-refractivity contribution < 1.29 is 0 Å². The molecule has 0 radical (unpaired) electrons. The van der Waals surface area contributed by atoms with Crippen LogP contribution in [0.15, 0.2) is 12.2 Å². The molecule has 0 atom stereocenters. The summed E-state index contributed by atoms with van der Waals surface area (Å²) in [7, 11) is 0. The van der Waals surface area contributed by atoms with Crippen LogP contribution in [0.1, 0.15) is 24.0 Å². The van der Waals surface area contributed by atoms with E-state index in [4.69, 9.17) is 0 Å². The lowest BCUT2D eigenvalue weighted by Crippen LogP contribution is -2.13. The summed E-state index contributed by atoms with van der Waals surface area (Å²) in [5, 5.41) is 2.72. The van der Waals surface area contributed by atoms with Crippen LogP contribution in [-0.2, 0) is 12.8 Å². The molecule has 1 heterocycles. The lowest BCUT2D eigenvalue weighted by atomic mass is 9.97. The van der Waals surface area contributed by atoms with E-state index in [9.17, 15) is 0 Å². The van der Waals surface area contributed by atoms with Crippen LogP contribution < -0.4 is 10.7 Å². The first kappa shape index (κ1) is 7.19. The molecule has 0 bridgehead atoms. The number of hydrogen-bond donors (Lipinski definition) is 1. The normalized spacial score (nSPS) is 18.5. The highest BCUT2D eigenvalue weighted by atomic mass is 14.7. The molecule has 1 N–H and O–H groups in total. The number of rotatable bonds is 0. The molecule has 0 aliphatic heterocycles. The molecular weight excluding hydrogens is 158 g/mol. The van der Waals surface area contributed by atoms with Crippen LogP contribution in [0, 0.1) is 0 Å². The van der Waals surface area contributed by atoms with E-state index in [-0.39, 0.29) is 0 Å². The second-order valence-electron chi connectivity index (χ2n) is 3.80. The number of aromatic nitrogens is 1. The fourth-order valence-corrected chi connectivity index (χ4v) is 2.33. The largest absolute Gasteiger partial charge is 0.355 e. The zero-order chi connectivity index (χ0) is 8.67. The Bertz CT molecular complexity index is 474. The summed E-state index contributed by atoms with van der Waals surface area (Å²) in [5.41, 5.74) is 3.11. The van der Waals surface area contributed by atoms with Crippen molar-refractivity contribution in [3.05, 3.63) is 34.0 Å². The molecule has 1 aromatic heterocycles. The molecule has 0 unspecified atom stereocenters. The molecule has 0 fully saturated rings. The third kappa shape index (κ3) is 0.998. The van der Waals surface area contributed by atoms with E-state index in [0.29, 0.717) is 0 Å². The Morgan fingerprint density at radius 2 is 2.15 bits per heavy atom. The highest BCUT2D eigenvalue weighted by molar-refractivity contribution is 5.47. The van der Waals surface area contributed by atoms with Crippen LogP contribution in [0.2, 0.25) is 0 Å². The van der Waals surface area contributed by atoms with Crippen molar-refractivity contribution in [1.29, 1.82) is 0 Å². The van der Waals surface area contributed by atoms with Crippen LogP contribution in [-0.4, -0.2) is 4.98 Å². The minimum atomic E-state index is 1.12. The number of nitrogens with one attached hydrogen (secondary N) is 1. The van der Waals surface area contributed by atoms with Crippen LogP contribution in [0.25, 0.3) is 12.2 Å². The number of H-pyrrole nitrogens is 1. The molecule has 66 valence electrons. The fraction of sp³-hybridized carbons (Fsp3) is 0.333. The maximum absolute atomic E-state index is 3.49. The van der Waals surface area contributed by atoms with E-state index >= 15 is 0 Å². The van der Waals surface area contributed by atoms with E-state index in [0.717, 1.165) is 6.42 Å². The molecule has 0 saturated heterocycles. The van der Waals surface area contributed by atoms with Crippen molar-refractivity contribution in [2.24, 2.45) is 0 Å². The molecule has 1 nitrogen and oxygen atoms in total. The predicted molar refractivity (Wildman–Crippen MR) is 54.8 cm³/mol. The third-order valence-corrected chi connectivity index (χ3v) is 2.98. The van der Waals surface area contributed by atoms with Gasteiger partial charge in [0.2, 0.25) is 0 Å². The topological polar surface area (TPSA) is 15.8 Å². The Kier molecular flexibility index (Phi) is 1.45. The van der Waals surface area contributed by atoms with Gasteiger partial charge in [-0.2, -0.15) is 0 Å². The molecule has 0 saturated carbocycles. The average molecular weight is 171 g/mol. The first-order valence-corrected chi connectivity index (χ1v) is 5.02. The average Bonchev–Trinajstić information content (AvgIpc) is 2.56. The Hall–Kier alpha value is -1.24. The molecule has 13 heavy (non-hydrogen) atoms. The maximum Gasteiger partial charge on any atom is 0.0423 e. The zero-order valence-electron chi connectivity index (χ0n) is 7.64. The Balaban J connectivity index is 2.36. The smallest absolute Gasteiger partial charge is 0.0423 e. The standard InChI is InChI=1S/C12H13N/c1-3-7-11-9(5-1)10-6-2-4-8-12(10)13-11/h1,3,7-8,13H,2,4-6H2. The van der Waals surface area contributed by atoms with Gasteiger partial charge < -0.3 is 4.98 Å². The summed E-state index contributed by atoms with van der Waals surface area (Å²) >= 11 is 0. The number of allylic oxidation sites excluding steroid dienone is 2. The maximum atomic E-state index is 3.49. The van der Waals surface area contributed by atoms with Gasteiger partial charge in [0.05, 0.1) is 0 Å². The molecule has 3 rings (SSSR count). The lowest BCUT2D eigenvalue weighted by molar-refractivity contribution is 0.827. The summed E-state index contributed by atoms with van der Waals surface area (Å²) in [6.45, 7) is 0. The molecule has 1 heteroatoms. The summed E-state index contributed by atoms with van der Waals surface area (Å²) in [6, 6.07) is 0. The van der Waals surface area contributed by atoms with E-state index < -0.39 is 0 Å². The summed E-state index contributed by atoms with van der Waals surface area (Å²) < 4.78 is 0. The van der Waals surface area contributed by atoms with E-state index in [1.807, 2.05) is 0 Å². The quantitative estimate of drug-likeness (QED) is 0.600. The van der Waals surface area contributed by atoms with E-state index in [2.05, 4.69) is 29.3 Å². The number of aromatic amines is 1. The van der Waals surface area contributed by atoms with Crippen LogP contribution >= 0.6 is 0 Å². The molecule has 1 aromatic rings. The predicted octanol–water partition coefficient (Wildman–Crippen LogP) is 1.02. The lowest BCUT2D eigenvalue weighted by Gasteiger charge is -2.06.